The van der Waals surface area contributed by atoms with Crippen molar-refractivity contribution in [3.05, 3.63) is 57.9 Å². The normalized spacial score (nSPS) is 12.3. The number of aryl methyl sites for hydroxylation is 2. The number of rotatable bonds is 5. The van der Waals surface area contributed by atoms with Gasteiger partial charge in [0, 0.05) is 30.4 Å². The van der Waals surface area contributed by atoms with Gasteiger partial charge in [-0.1, -0.05) is 12.1 Å². The van der Waals surface area contributed by atoms with Crippen LogP contribution in [0.2, 0.25) is 0 Å². The van der Waals surface area contributed by atoms with Gasteiger partial charge in [0.2, 0.25) is 0 Å². The summed E-state index contributed by atoms with van der Waals surface area (Å²) in [5, 5.41) is 14.7. The van der Waals surface area contributed by atoms with Crippen LogP contribution in [0.15, 0.2) is 36.7 Å². The molecule has 1 atom stereocenters. The minimum Gasteiger partial charge on any atom is -0.272 e. The van der Waals surface area contributed by atoms with Crippen LogP contribution in [0.5, 0.6) is 0 Å². The Morgan fingerprint density at radius 2 is 2.11 bits per heavy atom. The zero-order valence-corrected chi connectivity index (χ0v) is 11.2. The minimum absolute atomic E-state index is 0.0480. The maximum Gasteiger partial charge on any atom is 0.269 e. The van der Waals surface area contributed by atoms with Crippen LogP contribution < -0.4 is 0 Å². The van der Waals surface area contributed by atoms with Crippen LogP contribution in [0.3, 0.4) is 0 Å². The van der Waals surface area contributed by atoms with Crippen LogP contribution in [-0.4, -0.2) is 14.7 Å². The van der Waals surface area contributed by atoms with Crippen molar-refractivity contribution >= 4 is 17.3 Å². The first-order valence-corrected chi connectivity index (χ1v) is 6.39. The average molecular weight is 280 g/mol. The molecule has 0 aliphatic carbocycles. The summed E-state index contributed by atoms with van der Waals surface area (Å²) in [6, 6.07) is 6.58. The molecule has 0 spiro atoms. The van der Waals surface area contributed by atoms with Gasteiger partial charge in [0.15, 0.2) is 0 Å². The Morgan fingerprint density at radius 3 is 2.63 bits per heavy atom. The third kappa shape index (κ3) is 3.54. The Kier molecular flexibility index (Phi) is 4.16. The molecule has 0 saturated carbocycles. The Balaban J connectivity index is 1.96. The molecule has 0 bridgehead atoms. The van der Waals surface area contributed by atoms with Crippen LogP contribution in [0, 0.1) is 10.1 Å². The molecule has 5 nitrogen and oxygen atoms in total. The molecule has 0 amide bonds. The monoisotopic (exact) mass is 279 g/mol. The molecule has 0 aliphatic heterocycles. The van der Waals surface area contributed by atoms with Crippen LogP contribution in [0.1, 0.15) is 23.4 Å². The molecule has 1 aromatic carbocycles. The lowest BCUT2D eigenvalue weighted by molar-refractivity contribution is -0.384. The van der Waals surface area contributed by atoms with Crippen molar-refractivity contribution in [1.82, 2.24) is 9.78 Å². The quantitative estimate of drug-likeness (QED) is 0.479. The number of hydrogen-bond donors (Lipinski definition) is 0. The van der Waals surface area contributed by atoms with Crippen molar-refractivity contribution in [3.8, 4) is 0 Å². The SMILES string of the molecule is CC(Cl)c1cnn(CCc2ccc([N+](=O)[O-])cc2)c1. The van der Waals surface area contributed by atoms with Gasteiger partial charge < -0.3 is 0 Å². The molecule has 6 heteroatoms. The Labute approximate surface area is 116 Å². The Morgan fingerprint density at radius 1 is 1.42 bits per heavy atom. The Bertz CT molecular complexity index is 564. The number of non-ortho nitro benzene ring substituents is 1. The smallest absolute Gasteiger partial charge is 0.269 e. The van der Waals surface area contributed by atoms with E-state index in [2.05, 4.69) is 5.10 Å². The second-order valence-corrected chi connectivity index (χ2v) is 4.98. The first kappa shape index (κ1) is 13.5. The molecule has 0 fully saturated rings. The fraction of sp³-hybridized carbons (Fsp3) is 0.308. The second-order valence-electron chi connectivity index (χ2n) is 4.33. The summed E-state index contributed by atoms with van der Waals surface area (Å²) in [5.41, 5.74) is 2.15. The van der Waals surface area contributed by atoms with Gasteiger partial charge in [0.05, 0.1) is 16.5 Å². The number of nitrogens with zero attached hydrogens (tertiary/aromatic N) is 3. The van der Waals surface area contributed by atoms with E-state index in [0.29, 0.717) is 0 Å². The lowest BCUT2D eigenvalue weighted by Crippen LogP contribution is -2.01. The van der Waals surface area contributed by atoms with E-state index < -0.39 is 4.92 Å². The zero-order chi connectivity index (χ0) is 13.8. The van der Waals surface area contributed by atoms with Gasteiger partial charge in [-0.15, -0.1) is 11.6 Å². The molecular weight excluding hydrogens is 266 g/mol. The highest BCUT2D eigenvalue weighted by molar-refractivity contribution is 6.20. The third-order valence-corrected chi connectivity index (χ3v) is 3.14. The van der Waals surface area contributed by atoms with Crippen molar-refractivity contribution in [3.63, 3.8) is 0 Å². The molecule has 0 saturated heterocycles. The van der Waals surface area contributed by atoms with Crippen molar-refractivity contribution in [2.45, 2.75) is 25.3 Å². The number of halogens is 1. The number of benzene rings is 1. The number of nitro groups is 1. The summed E-state index contributed by atoms with van der Waals surface area (Å²) in [6.45, 7) is 2.63. The van der Waals surface area contributed by atoms with Gasteiger partial charge in [0.25, 0.3) is 5.69 Å². The van der Waals surface area contributed by atoms with Crippen LogP contribution in [-0.2, 0) is 13.0 Å². The van der Waals surface area contributed by atoms with Gasteiger partial charge in [-0.05, 0) is 18.9 Å². The zero-order valence-electron chi connectivity index (χ0n) is 10.5. The first-order chi connectivity index (χ1) is 9.06. The van der Waals surface area contributed by atoms with Gasteiger partial charge in [-0.2, -0.15) is 5.10 Å². The number of nitro benzene ring substituents is 1. The van der Waals surface area contributed by atoms with E-state index in [1.165, 1.54) is 12.1 Å². The van der Waals surface area contributed by atoms with Crippen molar-refractivity contribution in [2.75, 3.05) is 0 Å². The number of hydrogen-bond acceptors (Lipinski definition) is 3. The van der Waals surface area contributed by atoms with Gasteiger partial charge >= 0.3 is 0 Å². The van der Waals surface area contributed by atoms with Gasteiger partial charge in [-0.3, -0.25) is 14.8 Å². The molecular formula is C13H14ClN3O2. The molecule has 2 rings (SSSR count). The molecule has 1 unspecified atom stereocenters. The number of alkyl halides is 1. The summed E-state index contributed by atoms with van der Waals surface area (Å²) in [4.78, 5) is 10.1. The van der Waals surface area contributed by atoms with Gasteiger partial charge in [-0.25, -0.2) is 0 Å². The predicted octanol–water partition coefficient (Wildman–Crippen LogP) is 3.33. The van der Waals surface area contributed by atoms with Crippen molar-refractivity contribution in [1.29, 1.82) is 0 Å². The van der Waals surface area contributed by atoms with E-state index in [0.717, 1.165) is 24.1 Å². The van der Waals surface area contributed by atoms with E-state index in [1.807, 2.05) is 17.8 Å². The maximum absolute atomic E-state index is 10.5. The topological polar surface area (TPSA) is 61.0 Å². The van der Waals surface area contributed by atoms with Crippen molar-refractivity contribution in [2.24, 2.45) is 0 Å². The molecule has 19 heavy (non-hydrogen) atoms. The fourth-order valence-corrected chi connectivity index (χ4v) is 1.85. The molecule has 2 aromatic rings. The second kappa shape index (κ2) is 5.84. The predicted molar refractivity (Wildman–Crippen MR) is 73.3 cm³/mol. The van der Waals surface area contributed by atoms with E-state index in [4.69, 9.17) is 11.6 Å². The largest absolute Gasteiger partial charge is 0.272 e. The van der Waals surface area contributed by atoms with Gasteiger partial charge in [0.1, 0.15) is 0 Å². The highest BCUT2D eigenvalue weighted by Crippen LogP contribution is 2.18. The summed E-state index contributed by atoms with van der Waals surface area (Å²) in [7, 11) is 0. The van der Waals surface area contributed by atoms with E-state index in [-0.39, 0.29) is 11.1 Å². The summed E-state index contributed by atoms with van der Waals surface area (Å²) >= 11 is 5.96. The lowest BCUT2D eigenvalue weighted by Gasteiger charge is -2.02. The fourth-order valence-electron chi connectivity index (χ4n) is 1.74. The third-order valence-electron chi connectivity index (χ3n) is 2.89. The molecule has 0 N–H and O–H groups in total. The van der Waals surface area contributed by atoms with Crippen molar-refractivity contribution < 1.29 is 4.92 Å². The molecule has 100 valence electrons. The van der Waals surface area contributed by atoms with E-state index in [9.17, 15) is 10.1 Å². The van der Waals surface area contributed by atoms with Crippen LogP contribution in [0.4, 0.5) is 5.69 Å². The van der Waals surface area contributed by atoms with Crippen LogP contribution in [0.25, 0.3) is 0 Å². The molecule has 0 radical (unpaired) electrons. The maximum atomic E-state index is 10.5. The summed E-state index contributed by atoms with van der Waals surface area (Å²) < 4.78 is 1.83. The van der Waals surface area contributed by atoms with E-state index in [1.54, 1.807) is 18.3 Å². The lowest BCUT2D eigenvalue weighted by atomic mass is 10.1. The molecule has 0 aliphatic rings. The average Bonchev–Trinajstić information content (AvgIpc) is 2.86. The standard InChI is InChI=1S/C13H14ClN3O2/c1-10(14)12-8-15-16(9-12)7-6-11-2-4-13(5-3-11)17(18)19/h2-5,8-10H,6-7H2,1H3. The highest BCUT2D eigenvalue weighted by atomic mass is 35.5. The molecule has 1 heterocycles. The number of aromatic nitrogens is 2. The summed E-state index contributed by atoms with van der Waals surface area (Å²) in [5.74, 6) is 0. The van der Waals surface area contributed by atoms with E-state index >= 15 is 0 Å². The summed E-state index contributed by atoms with van der Waals surface area (Å²) in [6.07, 6.45) is 4.45. The first-order valence-electron chi connectivity index (χ1n) is 5.96. The van der Waals surface area contributed by atoms with Crippen LogP contribution >= 0.6 is 11.6 Å². The minimum atomic E-state index is -0.397. The Hall–Kier alpha value is -1.88. The highest BCUT2D eigenvalue weighted by Gasteiger charge is 2.06. The molecule has 1 aromatic heterocycles.